The molecule has 0 aliphatic carbocycles. The summed E-state index contributed by atoms with van der Waals surface area (Å²) in [6, 6.07) is 7.21. The number of piperazine rings is 1. The number of nitrogens with zero attached hydrogens (tertiary/aromatic N) is 5. The first-order valence-corrected chi connectivity index (χ1v) is 16.9. The van der Waals surface area contributed by atoms with E-state index in [2.05, 4.69) is 21.2 Å². The second kappa shape index (κ2) is 10.4. The highest BCUT2D eigenvalue weighted by molar-refractivity contribution is 7.23. The summed E-state index contributed by atoms with van der Waals surface area (Å²) >= 11 is 0.953. The average molecular weight is 660 g/mol. The molecule has 0 unspecified atom stereocenters. The monoisotopic (exact) mass is 659 g/mol. The summed E-state index contributed by atoms with van der Waals surface area (Å²) in [5.41, 5.74) is 6.43. The number of benzene rings is 2. The third-order valence-electron chi connectivity index (χ3n) is 10.6. The van der Waals surface area contributed by atoms with Crippen LogP contribution >= 0.6 is 11.3 Å². The first kappa shape index (κ1) is 29.1. The Morgan fingerprint density at radius 2 is 2.00 bits per heavy atom. The van der Waals surface area contributed by atoms with Crippen molar-refractivity contribution in [3.05, 3.63) is 41.2 Å². The Balaban J connectivity index is 1.28. The van der Waals surface area contributed by atoms with Gasteiger partial charge in [0.1, 0.15) is 52.3 Å². The van der Waals surface area contributed by atoms with Crippen LogP contribution in [0.25, 0.3) is 43.1 Å². The van der Waals surface area contributed by atoms with E-state index < -0.39 is 23.3 Å². The lowest BCUT2D eigenvalue weighted by Gasteiger charge is -2.35. The first-order chi connectivity index (χ1) is 22.7. The predicted octanol–water partition coefficient (Wildman–Crippen LogP) is 6.19. The van der Waals surface area contributed by atoms with E-state index in [0.29, 0.717) is 48.4 Å². The summed E-state index contributed by atoms with van der Waals surface area (Å²) in [5, 5.41) is 15.1. The van der Waals surface area contributed by atoms with Crippen LogP contribution in [-0.4, -0.2) is 71.4 Å². The summed E-state index contributed by atoms with van der Waals surface area (Å²) in [6.07, 6.45) is 3.32. The molecule has 0 spiro atoms. The van der Waals surface area contributed by atoms with Crippen LogP contribution in [0.5, 0.6) is 6.01 Å². The fourth-order valence-corrected chi connectivity index (χ4v) is 9.55. The van der Waals surface area contributed by atoms with Crippen LogP contribution in [0, 0.1) is 29.9 Å². The summed E-state index contributed by atoms with van der Waals surface area (Å²) in [6.45, 7) is 4.55. The minimum Gasteiger partial charge on any atom is -0.461 e. The molecule has 0 saturated carbocycles. The molecule has 47 heavy (non-hydrogen) atoms. The number of anilines is 2. The van der Waals surface area contributed by atoms with Gasteiger partial charge in [0.15, 0.2) is 5.82 Å². The van der Waals surface area contributed by atoms with Gasteiger partial charge in [0, 0.05) is 48.9 Å². The van der Waals surface area contributed by atoms with Crippen molar-refractivity contribution in [3.8, 4) is 23.2 Å². The van der Waals surface area contributed by atoms with Crippen LogP contribution in [0.3, 0.4) is 0 Å². The number of fused-ring (bicyclic) bond motifs is 7. The van der Waals surface area contributed by atoms with Crippen LogP contribution in [0.2, 0.25) is 0 Å². The number of furan rings is 1. The number of alkyl halides is 1. The lowest BCUT2D eigenvalue weighted by Crippen LogP contribution is -2.51. The number of rotatable bonds is 5. The summed E-state index contributed by atoms with van der Waals surface area (Å²) in [5.74, 6) is -0.144. The molecule has 4 atom stereocenters. The number of aryl methyl sites for hydroxylation is 1. The van der Waals surface area contributed by atoms with Gasteiger partial charge in [-0.15, -0.1) is 11.3 Å². The number of nitrogens with one attached hydrogen (secondary N) is 1. The molecule has 4 saturated heterocycles. The zero-order chi connectivity index (χ0) is 32.2. The molecule has 7 heterocycles. The molecule has 0 amide bonds. The normalized spacial score (nSPS) is 25.8. The van der Waals surface area contributed by atoms with Gasteiger partial charge in [-0.25, -0.2) is 13.2 Å². The largest absolute Gasteiger partial charge is 0.461 e. The topological polar surface area (TPSA) is 116 Å². The maximum absolute atomic E-state index is 17.4. The highest BCUT2D eigenvalue weighted by atomic mass is 32.1. The number of aromatic nitrogens is 2. The SMILES string of the molecule is Cc1cc2c(o1)c(-c1ccc(F)c3sc(N)c(C#N)c13)c(F)c1nc(OC[C@@]34CCCN3C[C@H](F)C4)nc(N3C[C@H]4CC[C@@H](C3)N4)c12. The van der Waals surface area contributed by atoms with E-state index in [4.69, 9.17) is 24.9 Å². The van der Waals surface area contributed by atoms with E-state index in [1.807, 2.05) is 6.07 Å². The number of hydrogen-bond donors (Lipinski definition) is 2. The van der Waals surface area contributed by atoms with Gasteiger partial charge in [0.25, 0.3) is 0 Å². The van der Waals surface area contributed by atoms with E-state index in [9.17, 15) is 9.65 Å². The van der Waals surface area contributed by atoms with E-state index in [-0.39, 0.29) is 67.6 Å². The molecule has 2 bridgehead atoms. The fourth-order valence-electron chi connectivity index (χ4n) is 8.60. The van der Waals surface area contributed by atoms with Gasteiger partial charge in [-0.1, -0.05) is 6.07 Å². The van der Waals surface area contributed by atoms with Crippen molar-refractivity contribution in [1.29, 1.82) is 5.26 Å². The van der Waals surface area contributed by atoms with Gasteiger partial charge in [-0.3, -0.25) is 4.90 Å². The second-order valence-electron chi connectivity index (χ2n) is 13.5. The number of nitrogen functional groups attached to an aromatic ring is 1. The average Bonchev–Trinajstić information content (AvgIpc) is 3.85. The van der Waals surface area contributed by atoms with Crippen LogP contribution in [0.15, 0.2) is 22.6 Å². The van der Waals surface area contributed by atoms with Gasteiger partial charge < -0.3 is 25.1 Å². The highest BCUT2D eigenvalue weighted by Gasteiger charge is 2.49. The van der Waals surface area contributed by atoms with Gasteiger partial charge in [-0.05, 0) is 56.8 Å². The number of ether oxygens (including phenoxy) is 1. The van der Waals surface area contributed by atoms with E-state index >= 15 is 8.78 Å². The maximum Gasteiger partial charge on any atom is 0.319 e. The second-order valence-corrected chi connectivity index (χ2v) is 14.6. The predicted molar refractivity (Wildman–Crippen MR) is 175 cm³/mol. The molecule has 4 aliphatic heterocycles. The van der Waals surface area contributed by atoms with E-state index in [0.717, 1.165) is 43.6 Å². The zero-order valence-corrected chi connectivity index (χ0v) is 26.5. The summed E-state index contributed by atoms with van der Waals surface area (Å²) in [4.78, 5) is 14.0. The van der Waals surface area contributed by atoms with Crippen molar-refractivity contribution in [3.63, 3.8) is 0 Å². The zero-order valence-electron chi connectivity index (χ0n) is 25.7. The van der Waals surface area contributed by atoms with Crippen molar-refractivity contribution >= 4 is 54.1 Å². The molecule has 9 nitrogen and oxygen atoms in total. The Morgan fingerprint density at radius 3 is 2.79 bits per heavy atom. The Labute approximate surface area is 272 Å². The lowest BCUT2D eigenvalue weighted by molar-refractivity contribution is 0.107. The van der Waals surface area contributed by atoms with E-state index in [1.54, 1.807) is 6.92 Å². The Bertz CT molecular complexity index is 2150. The molecular formula is C34H32F3N7O2S. The van der Waals surface area contributed by atoms with Crippen molar-refractivity contribution in [1.82, 2.24) is 20.2 Å². The molecular weight excluding hydrogens is 627 g/mol. The Morgan fingerprint density at radius 1 is 1.19 bits per heavy atom. The van der Waals surface area contributed by atoms with Crippen LogP contribution in [0.1, 0.15) is 43.4 Å². The quantitative estimate of drug-likeness (QED) is 0.228. The number of nitrogens with two attached hydrogens (primary N) is 1. The molecule has 242 valence electrons. The van der Waals surface area contributed by atoms with Gasteiger partial charge in [-0.2, -0.15) is 15.2 Å². The molecule has 4 fully saturated rings. The molecule has 3 N–H and O–H groups in total. The number of nitriles is 1. The third kappa shape index (κ3) is 4.34. The van der Waals surface area contributed by atoms with Crippen molar-refractivity contribution in [2.45, 2.75) is 62.8 Å². The molecule has 9 rings (SSSR count). The lowest BCUT2D eigenvalue weighted by atomic mass is 9.95. The van der Waals surface area contributed by atoms with Gasteiger partial charge in [0.2, 0.25) is 0 Å². The Kier molecular flexibility index (Phi) is 6.45. The smallest absolute Gasteiger partial charge is 0.319 e. The Hall–Kier alpha value is -4.12. The highest BCUT2D eigenvalue weighted by Crippen LogP contribution is 2.48. The van der Waals surface area contributed by atoms with Gasteiger partial charge in [0.05, 0.1) is 26.8 Å². The minimum atomic E-state index is -0.919. The van der Waals surface area contributed by atoms with Crippen LogP contribution in [0.4, 0.5) is 24.0 Å². The molecule has 0 radical (unpaired) electrons. The molecule has 2 aromatic carbocycles. The maximum atomic E-state index is 17.4. The summed E-state index contributed by atoms with van der Waals surface area (Å²) in [7, 11) is 0. The third-order valence-corrected chi connectivity index (χ3v) is 11.6. The van der Waals surface area contributed by atoms with Crippen molar-refractivity contribution < 1.29 is 22.3 Å². The molecule has 4 aliphatic rings. The first-order valence-electron chi connectivity index (χ1n) is 16.1. The van der Waals surface area contributed by atoms with Crippen LogP contribution < -0.4 is 20.7 Å². The summed E-state index contributed by atoms with van der Waals surface area (Å²) < 4.78 is 59.7. The van der Waals surface area contributed by atoms with Gasteiger partial charge >= 0.3 is 6.01 Å². The molecule has 13 heteroatoms. The number of hydrogen-bond acceptors (Lipinski definition) is 10. The standard InChI is InChI=1S/C34H32F3N7O2S/c1-16-9-21-26-28(27(37)25(29(21)46-16)20-5-6-23(36)30-24(20)22(11-38)31(39)47-30)41-33(42-32(26)43-13-18-3-4-19(14-43)40-18)45-15-34-7-2-8-44(34)12-17(35)10-34/h5-6,9,17-19,40H,2-4,7-8,10,12-15,39H2,1H3/t17-,18-,19+,34+/m1/s1. The van der Waals surface area contributed by atoms with Crippen molar-refractivity contribution in [2.24, 2.45) is 0 Å². The number of thiophene rings is 1. The molecule has 5 aromatic rings. The fraction of sp³-hybridized carbons (Fsp3) is 0.441. The van der Waals surface area contributed by atoms with Crippen molar-refractivity contribution in [2.75, 3.05) is 43.4 Å². The number of halogens is 3. The minimum absolute atomic E-state index is 0.0214. The van der Waals surface area contributed by atoms with E-state index in [1.165, 1.54) is 12.1 Å². The van der Waals surface area contributed by atoms with Crippen LogP contribution in [-0.2, 0) is 0 Å². The molecule has 3 aromatic heterocycles.